The summed E-state index contributed by atoms with van der Waals surface area (Å²) in [5, 5.41) is 7.77. The van der Waals surface area contributed by atoms with Crippen molar-refractivity contribution >= 4 is 75.1 Å². The smallest absolute Gasteiger partial charge is 0.0640 e. The molecule has 0 bridgehead atoms. The second kappa shape index (κ2) is 8.08. The van der Waals surface area contributed by atoms with Crippen LogP contribution in [-0.4, -0.2) is 9.13 Å². The summed E-state index contributed by atoms with van der Waals surface area (Å²) in [4.78, 5) is 0. The number of para-hydroxylation sites is 3. The lowest BCUT2D eigenvalue weighted by molar-refractivity contribution is 1.17. The highest BCUT2D eigenvalue weighted by molar-refractivity contribution is 7.26. The topological polar surface area (TPSA) is 9.86 Å². The fourth-order valence-corrected chi connectivity index (χ4v) is 7.93. The second-order valence-corrected chi connectivity index (χ2v) is 11.7. The van der Waals surface area contributed by atoms with Crippen LogP contribution in [0.25, 0.3) is 75.2 Å². The number of aryl methyl sites for hydroxylation is 1. The SMILES string of the molecule is Cc1ccc2c(c1)sc1c(-n3c4ccccc4c4cc(-n5c6ccccc6c6ccccc65)ccc43)cccc12. The van der Waals surface area contributed by atoms with Crippen molar-refractivity contribution in [3.63, 3.8) is 0 Å². The fraction of sp³-hybridized carbons (Fsp3) is 0.0270. The van der Waals surface area contributed by atoms with Gasteiger partial charge in [0.15, 0.2) is 0 Å². The van der Waals surface area contributed by atoms with Gasteiger partial charge in [-0.15, -0.1) is 11.3 Å². The Labute approximate surface area is 234 Å². The molecule has 0 saturated carbocycles. The van der Waals surface area contributed by atoms with Crippen molar-refractivity contribution in [2.24, 2.45) is 0 Å². The van der Waals surface area contributed by atoms with Crippen molar-refractivity contribution in [1.82, 2.24) is 9.13 Å². The molecule has 188 valence electrons. The van der Waals surface area contributed by atoms with Gasteiger partial charge < -0.3 is 9.13 Å². The molecule has 3 heteroatoms. The minimum atomic E-state index is 1.18. The first-order valence-electron chi connectivity index (χ1n) is 13.7. The average molecular weight is 529 g/mol. The van der Waals surface area contributed by atoms with E-state index in [0.717, 1.165) is 0 Å². The molecule has 3 heterocycles. The molecule has 3 aromatic heterocycles. The third-order valence-corrected chi connectivity index (χ3v) is 9.56. The quantitative estimate of drug-likeness (QED) is 0.211. The van der Waals surface area contributed by atoms with E-state index in [0.29, 0.717) is 0 Å². The first kappa shape index (κ1) is 22.0. The van der Waals surface area contributed by atoms with E-state index in [1.54, 1.807) is 0 Å². The highest BCUT2D eigenvalue weighted by Gasteiger charge is 2.18. The van der Waals surface area contributed by atoms with E-state index in [-0.39, 0.29) is 0 Å². The van der Waals surface area contributed by atoms with Gasteiger partial charge in [0.1, 0.15) is 0 Å². The molecule has 0 atom stereocenters. The molecular formula is C37H24N2S. The number of rotatable bonds is 2. The maximum Gasteiger partial charge on any atom is 0.0640 e. The van der Waals surface area contributed by atoms with Crippen LogP contribution in [0.1, 0.15) is 5.56 Å². The van der Waals surface area contributed by atoms with Gasteiger partial charge in [-0.2, -0.15) is 0 Å². The normalized spacial score (nSPS) is 12.1. The van der Waals surface area contributed by atoms with Crippen molar-refractivity contribution < 1.29 is 0 Å². The van der Waals surface area contributed by atoms with Crippen LogP contribution in [0.5, 0.6) is 0 Å². The van der Waals surface area contributed by atoms with Crippen LogP contribution in [-0.2, 0) is 0 Å². The number of aromatic nitrogens is 2. The predicted molar refractivity (Wildman–Crippen MR) is 173 cm³/mol. The molecule has 0 aliphatic carbocycles. The second-order valence-electron chi connectivity index (χ2n) is 10.7. The standard InChI is InChI=1S/C37H24N2S/c1-23-17-19-28-29-12-8-16-35(37(29)40-36(28)21-23)39-33-15-7-4-11-27(33)30-22-24(18-20-34(30)39)38-31-13-5-2-9-25(31)26-10-3-6-14-32(26)38/h2-22H,1H3. The lowest BCUT2D eigenvalue weighted by Crippen LogP contribution is -1.96. The summed E-state index contributed by atoms with van der Waals surface area (Å²) in [6.45, 7) is 2.17. The Kier molecular flexibility index (Phi) is 4.44. The molecule has 9 aromatic rings. The van der Waals surface area contributed by atoms with Crippen molar-refractivity contribution in [2.75, 3.05) is 0 Å². The third kappa shape index (κ3) is 2.93. The Bertz CT molecular complexity index is 2400. The van der Waals surface area contributed by atoms with E-state index >= 15 is 0 Å². The number of hydrogen-bond acceptors (Lipinski definition) is 1. The highest BCUT2D eigenvalue weighted by atomic mass is 32.1. The molecule has 0 unspecified atom stereocenters. The summed E-state index contributed by atoms with van der Waals surface area (Å²) in [5.41, 5.74) is 8.66. The summed E-state index contributed by atoms with van der Waals surface area (Å²) >= 11 is 1.90. The fourth-order valence-electron chi connectivity index (χ4n) is 6.63. The molecule has 2 nitrogen and oxygen atoms in total. The summed E-state index contributed by atoms with van der Waals surface area (Å²) in [6, 6.07) is 46.8. The zero-order valence-electron chi connectivity index (χ0n) is 21.9. The van der Waals surface area contributed by atoms with E-state index in [9.17, 15) is 0 Å². The van der Waals surface area contributed by atoms with Gasteiger partial charge in [0, 0.05) is 42.7 Å². The molecule has 0 radical (unpaired) electrons. The Morgan fingerprint density at radius 3 is 1.77 bits per heavy atom. The monoisotopic (exact) mass is 528 g/mol. The summed E-state index contributed by atoms with van der Waals surface area (Å²) in [6.07, 6.45) is 0. The highest BCUT2D eigenvalue weighted by Crippen LogP contribution is 2.42. The van der Waals surface area contributed by atoms with Gasteiger partial charge in [-0.05, 0) is 61.0 Å². The summed E-state index contributed by atoms with van der Waals surface area (Å²) < 4.78 is 7.55. The Morgan fingerprint density at radius 1 is 0.450 bits per heavy atom. The van der Waals surface area contributed by atoms with Crippen LogP contribution in [0.3, 0.4) is 0 Å². The number of hydrogen-bond donors (Lipinski definition) is 0. The predicted octanol–water partition coefficient (Wildman–Crippen LogP) is 10.6. The molecular weight excluding hydrogens is 504 g/mol. The molecule has 0 amide bonds. The number of nitrogens with zero attached hydrogens (tertiary/aromatic N) is 2. The van der Waals surface area contributed by atoms with Gasteiger partial charge in [-0.3, -0.25) is 0 Å². The minimum Gasteiger partial charge on any atom is -0.309 e. The van der Waals surface area contributed by atoms with Crippen LogP contribution in [0, 0.1) is 6.92 Å². The molecule has 40 heavy (non-hydrogen) atoms. The van der Waals surface area contributed by atoms with E-state index in [1.165, 1.54) is 80.7 Å². The molecule has 0 fully saturated rings. The molecule has 0 saturated heterocycles. The van der Waals surface area contributed by atoms with Crippen molar-refractivity contribution in [3.05, 3.63) is 133 Å². The zero-order chi connectivity index (χ0) is 26.4. The van der Waals surface area contributed by atoms with Crippen LogP contribution in [0.4, 0.5) is 0 Å². The van der Waals surface area contributed by atoms with Gasteiger partial charge in [-0.25, -0.2) is 0 Å². The molecule has 0 spiro atoms. The maximum atomic E-state index is 2.46. The number of fused-ring (bicyclic) bond motifs is 9. The summed E-state index contributed by atoms with van der Waals surface area (Å²) in [5.74, 6) is 0. The van der Waals surface area contributed by atoms with Crippen LogP contribution in [0.15, 0.2) is 127 Å². The van der Waals surface area contributed by atoms with Crippen molar-refractivity contribution in [1.29, 1.82) is 0 Å². The van der Waals surface area contributed by atoms with E-state index in [2.05, 4.69) is 143 Å². The lowest BCUT2D eigenvalue weighted by atomic mass is 10.1. The maximum absolute atomic E-state index is 2.46. The van der Waals surface area contributed by atoms with Gasteiger partial charge in [0.25, 0.3) is 0 Å². The van der Waals surface area contributed by atoms with Crippen molar-refractivity contribution in [3.8, 4) is 11.4 Å². The van der Waals surface area contributed by atoms with Gasteiger partial charge in [0.2, 0.25) is 0 Å². The van der Waals surface area contributed by atoms with Crippen LogP contribution >= 0.6 is 11.3 Å². The van der Waals surface area contributed by atoms with Gasteiger partial charge >= 0.3 is 0 Å². The van der Waals surface area contributed by atoms with E-state index in [4.69, 9.17) is 0 Å². The third-order valence-electron chi connectivity index (χ3n) is 8.37. The molecule has 6 aromatic carbocycles. The van der Waals surface area contributed by atoms with Gasteiger partial charge in [-0.1, -0.05) is 78.9 Å². The Hall–Kier alpha value is -4.86. The number of thiophene rings is 1. The molecule has 0 aliphatic rings. The van der Waals surface area contributed by atoms with Crippen LogP contribution in [0.2, 0.25) is 0 Å². The lowest BCUT2D eigenvalue weighted by Gasteiger charge is -2.11. The first-order valence-corrected chi connectivity index (χ1v) is 14.5. The van der Waals surface area contributed by atoms with Gasteiger partial charge in [0.05, 0.1) is 32.5 Å². The largest absolute Gasteiger partial charge is 0.309 e. The number of benzene rings is 6. The Morgan fingerprint density at radius 2 is 1.05 bits per heavy atom. The minimum absolute atomic E-state index is 1.18. The first-order chi connectivity index (χ1) is 19.8. The van der Waals surface area contributed by atoms with E-state index in [1.807, 2.05) is 11.3 Å². The van der Waals surface area contributed by atoms with Crippen molar-refractivity contribution in [2.45, 2.75) is 6.92 Å². The zero-order valence-corrected chi connectivity index (χ0v) is 22.7. The average Bonchev–Trinajstić information content (AvgIpc) is 3.64. The van der Waals surface area contributed by atoms with Crippen LogP contribution < -0.4 is 0 Å². The molecule has 9 rings (SSSR count). The molecule has 0 N–H and O–H groups in total. The Balaban J connectivity index is 1.37. The molecule has 0 aliphatic heterocycles. The van der Waals surface area contributed by atoms with E-state index < -0.39 is 0 Å². The summed E-state index contributed by atoms with van der Waals surface area (Å²) in [7, 11) is 0.